The first-order valence-corrected chi connectivity index (χ1v) is 11.3. The van der Waals surface area contributed by atoms with Crippen molar-refractivity contribution in [1.82, 2.24) is 15.6 Å². The van der Waals surface area contributed by atoms with Crippen LogP contribution in [-0.2, 0) is 17.6 Å². The Morgan fingerprint density at radius 1 is 1.10 bits per heavy atom. The number of carbonyl (C=O) groups excluding carboxylic acids is 1. The second kappa shape index (κ2) is 8.94. The summed E-state index contributed by atoms with van der Waals surface area (Å²) in [5, 5.41) is 16.5. The first kappa shape index (κ1) is 20.4. The molecule has 0 spiro atoms. The minimum Gasteiger partial charge on any atom is -0.390 e. The maximum Gasteiger partial charge on any atom is 0.252 e. The standard InChI is InChI=1S/C24H30N4O3/c29-20(12-25-19-9-16-3-1-2-4-17(16)10-19)13-27-24(30)18-5-8-23(26-11-18)28-14-21-6-7-22(15-28)31-21/h1-5,8,11,19-22,25,29H,6-7,9-10,12-15H2,(H,27,30)/t20-,21?,22?/m0/s1. The highest BCUT2D eigenvalue weighted by Gasteiger charge is 2.34. The molecule has 2 unspecified atom stereocenters. The Kier molecular flexibility index (Phi) is 5.89. The van der Waals surface area contributed by atoms with E-state index in [1.807, 2.05) is 6.07 Å². The van der Waals surface area contributed by atoms with E-state index in [1.54, 1.807) is 12.3 Å². The first-order valence-electron chi connectivity index (χ1n) is 11.3. The zero-order chi connectivity index (χ0) is 21.2. The number of fused-ring (bicyclic) bond motifs is 3. The second-order valence-corrected chi connectivity index (χ2v) is 8.91. The van der Waals surface area contributed by atoms with Gasteiger partial charge in [-0.05, 0) is 48.9 Å². The van der Waals surface area contributed by atoms with Crippen LogP contribution in [0.1, 0.15) is 34.3 Å². The van der Waals surface area contributed by atoms with E-state index in [4.69, 9.17) is 4.74 Å². The number of benzene rings is 1. The van der Waals surface area contributed by atoms with Crippen molar-refractivity contribution >= 4 is 11.7 Å². The van der Waals surface area contributed by atoms with Gasteiger partial charge in [0.05, 0.1) is 23.9 Å². The Morgan fingerprint density at radius 2 is 1.81 bits per heavy atom. The van der Waals surface area contributed by atoms with Crippen LogP contribution in [0.25, 0.3) is 0 Å². The summed E-state index contributed by atoms with van der Waals surface area (Å²) in [6.45, 7) is 2.39. The molecule has 2 fully saturated rings. The molecule has 0 radical (unpaired) electrons. The quantitative estimate of drug-likeness (QED) is 0.624. The van der Waals surface area contributed by atoms with E-state index < -0.39 is 6.10 Å². The zero-order valence-electron chi connectivity index (χ0n) is 17.7. The minimum atomic E-state index is -0.635. The highest BCUT2D eigenvalue weighted by Crippen LogP contribution is 2.28. The van der Waals surface area contributed by atoms with Gasteiger partial charge in [-0.15, -0.1) is 0 Å². The van der Waals surface area contributed by atoms with Gasteiger partial charge < -0.3 is 25.4 Å². The molecule has 2 aromatic rings. The molecule has 31 heavy (non-hydrogen) atoms. The van der Waals surface area contributed by atoms with Crippen LogP contribution in [0, 0.1) is 0 Å². The van der Waals surface area contributed by atoms with Gasteiger partial charge in [-0.1, -0.05) is 24.3 Å². The molecule has 3 heterocycles. The van der Waals surface area contributed by atoms with E-state index in [2.05, 4.69) is 44.8 Å². The molecule has 7 heteroatoms. The third-order valence-corrected chi connectivity index (χ3v) is 6.57. The number of aliphatic hydroxyl groups is 1. The van der Waals surface area contributed by atoms with Crippen molar-refractivity contribution in [3.63, 3.8) is 0 Å². The Labute approximate surface area is 182 Å². The van der Waals surface area contributed by atoms with Gasteiger partial charge >= 0.3 is 0 Å². The van der Waals surface area contributed by atoms with Gasteiger partial charge in [0.1, 0.15) is 5.82 Å². The fourth-order valence-corrected chi connectivity index (χ4v) is 4.90. The summed E-state index contributed by atoms with van der Waals surface area (Å²) >= 11 is 0. The summed E-state index contributed by atoms with van der Waals surface area (Å²) in [5.74, 6) is 0.673. The van der Waals surface area contributed by atoms with Crippen molar-refractivity contribution in [2.75, 3.05) is 31.1 Å². The number of pyridine rings is 1. The number of nitrogens with zero attached hydrogens (tertiary/aromatic N) is 2. The maximum atomic E-state index is 12.4. The van der Waals surface area contributed by atoms with Crippen molar-refractivity contribution in [3.05, 3.63) is 59.3 Å². The lowest BCUT2D eigenvalue weighted by molar-refractivity contribution is 0.0302. The van der Waals surface area contributed by atoms with Crippen LogP contribution >= 0.6 is 0 Å². The van der Waals surface area contributed by atoms with Gasteiger partial charge in [0.25, 0.3) is 5.91 Å². The highest BCUT2D eigenvalue weighted by atomic mass is 16.5. The number of nitrogens with one attached hydrogen (secondary N) is 2. The molecule has 2 aliphatic heterocycles. The minimum absolute atomic E-state index is 0.208. The molecular weight excluding hydrogens is 392 g/mol. The van der Waals surface area contributed by atoms with Crippen LogP contribution in [0.3, 0.4) is 0 Å². The highest BCUT2D eigenvalue weighted by molar-refractivity contribution is 5.94. The average Bonchev–Trinajstić information content (AvgIpc) is 3.37. The summed E-state index contributed by atoms with van der Waals surface area (Å²) in [6.07, 6.45) is 5.79. The number of aromatic nitrogens is 1. The lowest BCUT2D eigenvalue weighted by Gasteiger charge is -2.32. The lowest BCUT2D eigenvalue weighted by atomic mass is 10.1. The fraction of sp³-hybridized carbons (Fsp3) is 0.500. The molecule has 3 N–H and O–H groups in total. The number of rotatable bonds is 7. The molecule has 2 bridgehead atoms. The molecule has 7 nitrogen and oxygen atoms in total. The molecule has 3 aliphatic rings. The smallest absolute Gasteiger partial charge is 0.252 e. The number of morpholine rings is 1. The van der Waals surface area contributed by atoms with E-state index in [9.17, 15) is 9.90 Å². The molecule has 5 rings (SSSR count). The van der Waals surface area contributed by atoms with Crippen LogP contribution in [0.5, 0.6) is 0 Å². The van der Waals surface area contributed by atoms with Crippen LogP contribution in [0.2, 0.25) is 0 Å². The van der Waals surface area contributed by atoms with E-state index in [0.717, 1.165) is 44.6 Å². The average molecular weight is 423 g/mol. The summed E-state index contributed by atoms with van der Waals surface area (Å²) in [7, 11) is 0. The van der Waals surface area contributed by atoms with Gasteiger partial charge in [-0.3, -0.25) is 4.79 Å². The third-order valence-electron chi connectivity index (χ3n) is 6.57. The Bertz CT molecular complexity index is 882. The van der Waals surface area contributed by atoms with Crippen LogP contribution in [0.4, 0.5) is 5.82 Å². The van der Waals surface area contributed by atoms with Gasteiger partial charge in [-0.2, -0.15) is 0 Å². The van der Waals surface area contributed by atoms with Crippen molar-refractivity contribution < 1.29 is 14.6 Å². The van der Waals surface area contributed by atoms with Crippen LogP contribution in [-0.4, -0.2) is 66.5 Å². The van der Waals surface area contributed by atoms with E-state index in [-0.39, 0.29) is 12.5 Å². The van der Waals surface area contributed by atoms with Crippen molar-refractivity contribution in [2.24, 2.45) is 0 Å². The number of anilines is 1. The second-order valence-electron chi connectivity index (χ2n) is 8.91. The van der Waals surface area contributed by atoms with Gasteiger partial charge in [0.15, 0.2) is 0 Å². The van der Waals surface area contributed by atoms with E-state index in [1.165, 1.54) is 11.1 Å². The Morgan fingerprint density at radius 3 is 2.45 bits per heavy atom. The molecule has 2 saturated heterocycles. The third kappa shape index (κ3) is 4.74. The number of aliphatic hydroxyl groups excluding tert-OH is 1. The molecule has 1 aliphatic carbocycles. The largest absolute Gasteiger partial charge is 0.390 e. The molecular formula is C24H30N4O3. The molecule has 1 aromatic heterocycles. The first-order chi connectivity index (χ1) is 15.1. The molecule has 3 atom stereocenters. The number of amides is 1. The Hall–Kier alpha value is -2.48. The van der Waals surface area contributed by atoms with E-state index in [0.29, 0.717) is 30.4 Å². The molecule has 0 saturated carbocycles. The van der Waals surface area contributed by atoms with Crippen molar-refractivity contribution in [1.29, 1.82) is 0 Å². The predicted molar refractivity (Wildman–Crippen MR) is 118 cm³/mol. The van der Waals surface area contributed by atoms with Crippen molar-refractivity contribution in [3.8, 4) is 0 Å². The topological polar surface area (TPSA) is 86.7 Å². The monoisotopic (exact) mass is 422 g/mol. The predicted octanol–water partition coefficient (Wildman–Crippen LogP) is 1.30. The summed E-state index contributed by atoms with van der Waals surface area (Å²) < 4.78 is 5.87. The molecule has 1 amide bonds. The van der Waals surface area contributed by atoms with Gasteiger partial charge in [-0.25, -0.2) is 4.98 Å². The van der Waals surface area contributed by atoms with Crippen molar-refractivity contribution in [2.45, 2.75) is 50.0 Å². The number of hydrogen-bond acceptors (Lipinski definition) is 6. The Balaban J connectivity index is 1.06. The summed E-state index contributed by atoms with van der Waals surface area (Å²) in [6, 6.07) is 12.5. The maximum absolute atomic E-state index is 12.4. The molecule has 1 aromatic carbocycles. The van der Waals surface area contributed by atoms with Gasteiger partial charge in [0, 0.05) is 38.4 Å². The SMILES string of the molecule is O=C(NC[C@@H](O)CNC1Cc2ccccc2C1)c1ccc(N2CC3CCC(C2)O3)nc1. The zero-order valence-corrected chi connectivity index (χ0v) is 17.7. The number of ether oxygens (including phenoxy) is 1. The lowest BCUT2D eigenvalue weighted by Crippen LogP contribution is -2.43. The number of hydrogen-bond donors (Lipinski definition) is 3. The van der Waals surface area contributed by atoms with Gasteiger partial charge in [0.2, 0.25) is 0 Å². The summed E-state index contributed by atoms with van der Waals surface area (Å²) in [5.41, 5.74) is 3.26. The fourth-order valence-electron chi connectivity index (χ4n) is 4.90. The van der Waals surface area contributed by atoms with Crippen LogP contribution in [0.15, 0.2) is 42.6 Å². The normalized spacial score (nSPS) is 23.6. The van der Waals surface area contributed by atoms with Crippen LogP contribution < -0.4 is 15.5 Å². The molecule has 164 valence electrons. The van der Waals surface area contributed by atoms with E-state index >= 15 is 0 Å². The summed E-state index contributed by atoms with van der Waals surface area (Å²) in [4.78, 5) is 19.2. The number of carbonyl (C=O) groups is 1.